The van der Waals surface area contributed by atoms with Crippen LogP contribution in [0.5, 0.6) is 11.5 Å². The highest BCUT2D eigenvalue weighted by Crippen LogP contribution is 2.34. The third-order valence-electron chi connectivity index (χ3n) is 2.41. The molecule has 0 saturated heterocycles. The zero-order valence-corrected chi connectivity index (χ0v) is 10.2. The molecule has 0 fully saturated rings. The van der Waals surface area contributed by atoms with Gasteiger partial charge in [-0.15, -0.1) is 0 Å². The molecule has 0 aliphatic carbocycles. The Morgan fingerprint density at radius 3 is 2.29 bits per heavy atom. The molecule has 0 aliphatic heterocycles. The van der Waals surface area contributed by atoms with Crippen molar-refractivity contribution >= 4 is 12.3 Å². The minimum Gasteiger partial charge on any atom is -0.496 e. The number of rotatable bonds is 4. The average molecular weight is 238 g/mol. The third-order valence-corrected chi connectivity index (χ3v) is 2.41. The van der Waals surface area contributed by atoms with Gasteiger partial charge in [0.2, 0.25) is 0 Å². The summed E-state index contributed by atoms with van der Waals surface area (Å²) >= 11 is 0. The van der Waals surface area contributed by atoms with Gasteiger partial charge in [0.15, 0.2) is 6.29 Å². The maximum atomic E-state index is 11.6. The highest BCUT2D eigenvalue weighted by molar-refractivity contribution is 5.99. The third kappa shape index (κ3) is 2.22. The van der Waals surface area contributed by atoms with Gasteiger partial charge in [-0.3, -0.25) is 4.79 Å². The molecule has 0 unspecified atom stereocenters. The van der Waals surface area contributed by atoms with Gasteiger partial charge in [-0.1, -0.05) is 0 Å². The molecule has 5 heteroatoms. The van der Waals surface area contributed by atoms with E-state index < -0.39 is 5.97 Å². The van der Waals surface area contributed by atoms with Gasteiger partial charge in [-0.05, 0) is 18.6 Å². The number of benzene rings is 1. The molecule has 0 heterocycles. The van der Waals surface area contributed by atoms with Crippen LogP contribution in [0.2, 0.25) is 0 Å². The fraction of sp³-hybridized carbons (Fsp3) is 0.333. The summed E-state index contributed by atoms with van der Waals surface area (Å²) in [7, 11) is 4.10. The van der Waals surface area contributed by atoms with Crippen LogP contribution in [0.4, 0.5) is 0 Å². The second-order valence-electron chi connectivity index (χ2n) is 3.33. The molecule has 0 aromatic heterocycles. The minimum absolute atomic E-state index is 0.170. The van der Waals surface area contributed by atoms with Crippen molar-refractivity contribution in [3.8, 4) is 11.5 Å². The molecule has 0 saturated carbocycles. The van der Waals surface area contributed by atoms with Gasteiger partial charge in [-0.25, -0.2) is 4.79 Å². The highest BCUT2D eigenvalue weighted by atomic mass is 16.5. The summed E-state index contributed by atoms with van der Waals surface area (Å²) < 4.78 is 14.8. The van der Waals surface area contributed by atoms with Crippen molar-refractivity contribution in [1.29, 1.82) is 0 Å². The Labute approximate surface area is 99.3 Å². The second kappa shape index (κ2) is 5.34. The van der Waals surface area contributed by atoms with Gasteiger partial charge in [0, 0.05) is 0 Å². The molecular formula is C12H14O5. The molecule has 1 aromatic carbocycles. The summed E-state index contributed by atoms with van der Waals surface area (Å²) in [6.07, 6.45) is 0.587. The van der Waals surface area contributed by atoms with Crippen molar-refractivity contribution < 1.29 is 23.8 Å². The van der Waals surface area contributed by atoms with Crippen molar-refractivity contribution in [3.05, 3.63) is 22.8 Å². The van der Waals surface area contributed by atoms with Crippen LogP contribution in [0.15, 0.2) is 6.07 Å². The number of aldehydes is 1. The quantitative estimate of drug-likeness (QED) is 0.589. The standard InChI is InChI=1S/C12H14O5/c1-7-5-9(15-2)8(6-13)11(16-3)10(7)12(14)17-4/h5-6H,1-4H3. The average Bonchev–Trinajstić information content (AvgIpc) is 2.36. The van der Waals surface area contributed by atoms with Gasteiger partial charge in [0.1, 0.15) is 17.1 Å². The van der Waals surface area contributed by atoms with E-state index in [1.54, 1.807) is 13.0 Å². The maximum Gasteiger partial charge on any atom is 0.341 e. The van der Waals surface area contributed by atoms with E-state index in [0.717, 1.165) is 0 Å². The molecule has 17 heavy (non-hydrogen) atoms. The summed E-state index contributed by atoms with van der Waals surface area (Å²) in [4.78, 5) is 22.7. The van der Waals surface area contributed by atoms with Gasteiger partial charge in [-0.2, -0.15) is 0 Å². The summed E-state index contributed by atoms with van der Waals surface area (Å²) in [5.41, 5.74) is 1.05. The van der Waals surface area contributed by atoms with Crippen molar-refractivity contribution in [2.24, 2.45) is 0 Å². The minimum atomic E-state index is -0.551. The molecular weight excluding hydrogens is 224 g/mol. The molecule has 0 bridgehead atoms. The lowest BCUT2D eigenvalue weighted by Gasteiger charge is -2.14. The van der Waals surface area contributed by atoms with Crippen LogP contribution >= 0.6 is 0 Å². The van der Waals surface area contributed by atoms with Crippen molar-refractivity contribution in [2.75, 3.05) is 21.3 Å². The fourth-order valence-electron chi connectivity index (χ4n) is 1.62. The van der Waals surface area contributed by atoms with E-state index >= 15 is 0 Å². The Morgan fingerprint density at radius 2 is 1.88 bits per heavy atom. The first-order valence-electron chi connectivity index (χ1n) is 4.89. The van der Waals surface area contributed by atoms with Crippen LogP contribution in [0.25, 0.3) is 0 Å². The lowest BCUT2D eigenvalue weighted by molar-refractivity contribution is 0.0596. The largest absolute Gasteiger partial charge is 0.496 e. The molecule has 0 atom stereocenters. The molecule has 92 valence electrons. The number of hydrogen-bond acceptors (Lipinski definition) is 5. The Kier molecular flexibility index (Phi) is 4.09. The Hall–Kier alpha value is -2.04. The number of ether oxygens (including phenoxy) is 3. The Balaban J connectivity index is 3.60. The maximum absolute atomic E-state index is 11.6. The highest BCUT2D eigenvalue weighted by Gasteiger charge is 2.22. The van der Waals surface area contributed by atoms with Crippen molar-refractivity contribution in [2.45, 2.75) is 6.92 Å². The predicted molar refractivity (Wildman–Crippen MR) is 61.0 cm³/mol. The number of esters is 1. The van der Waals surface area contributed by atoms with Crippen LogP contribution in [0.1, 0.15) is 26.3 Å². The van der Waals surface area contributed by atoms with Crippen LogP contribution < -0.4 is 9.47 Å². The van der Waals surface area contributed by atoms with Crippen molar-refractivity contribution in [3.63, 3.8) is 0 Å². The number of carbonyl (C=O) groups is 2. The first kappa shape index (κ1) is 13.0. The molecule has 0 spiro atoms. The smallest absolute Gasteiger partial charge is 0.341 e. The normalized spacial score (nSPS) is 9.65. The zero-order chi connectivity index (χ0) is 13.0. The molecule has 5 nitrogen and oxygen atoms in total. The lowest BCUT2D eigenvalue weighted by Crippen LogP contribution is -2.09. The van der Waals surface area contributed by atoms with Crippen LogP contribution in [-0.2, 0) is 4.74 Å². The van der Waals surface area contributed by atoms with E-state index in [1.807, 2.05) is 0 Å². The lowest BCUT2D eigenvalue weighted by atomic mass is 10.0. The van der Waals surface area contributed by atoms with E-state index in [0.29, 0.717) is 17.6 Å². The van der Waals surface area contributed by atoms with E-state index in [2.05, 4.69) is 4.74 Å². The van der Waals surface area contributed by atoms with E-state index in [4.69, 9.17) is 9.47 Å². The van der Waals surface area contributed by atoms with E-state index in [1.165, 1.54) is 21.3 Å². The summed E-state index contributed by atoms with van der Waals surface area (Å²) in [6, 6.07) is 1.60. The number of methoxy groups -OCH3 is 3. The van der Waals surface area contributed by atoms with Crippen molar-refractivity contribution in [1.82, 2.24) is 0 Å². The summed E-state index contributed by atoms with van der Waals surface area (Å²) in [5, 5.41) is 0. The molecule has 0 radical (unpaired) electrons. The Morgan fingerprint density at radius 1 is 1.24 bits per heavy atom. The molecule has 1 aromatic rings. The van der Waals surface area contributed by atoms with E-state index in [9.17, 15) is 9.59 Å². The number of hydrogen-bond donors (Lipinski definition) is 0. The van der Waals surface area contributed by atoms with E-state index in [-0.39, 0.29) is 16.9 Å². The predicted octanol–water partition coefficient (Wildman–Crippen LogP) is 1.61. The van der Waals surface area contributed by atoms with Crippen LogP contribution in [0, 0.1) is 6.92 Å². The van der Waals surface area contributed by atoms with Gasteiger partial charge >= 0.3 is 5.97 Å². The van der Waals surface area contributed by atoms with Gasteiger partial charge in [0.05, 0.1) is 26.9 Å². The molecule has 0 amide bonds. The summed E-state index contributed by atoms with van der Waals surface area (Å²) in [5.74, 6) is -0.0178. The first-order chi connectivity index (χ1) is 8.10. The second-order valence-corrected chi connectivity index (χ2v) is 3.33. The van der Waals surface area contributed by atoms with Crippen LogP contribution in [0.3, 0.4) is 0 Å². The van der Waals surface area contributed by atoms with Gasteiger partial charge in [0.25, 0.3) is 0 Å². The fourth-order valence-corrected chi connectivity index (χ4v) is 1.62. The molecule has 0 N–H and O–H groups in total. The monoisotopic (exact) mass is 238 g/mol. The SMILES string of the molecule is COC(=O)c1c(C)cc(OC)c(C=O)c1OC. The van der Waals surface area contributed by atoms with Gasteiger partial charge < -0.3 is 14.2 Å². The number of carbonyl (C=O) groups excluding carboxylic acids is 2. The molecule has 1 rings (SSSR count). The summed E-state index contributed by atoms with van der Waals surface area (Å²) in [6.45, 7) is 1.71. The first-order valence-corrected chi connectivity index (χ1v) is 4.89. The topological polar surface area (TPSA) is 61.8 Å². The molecule has 0 aliphatic rings. The van der Waals surface area contributed by atoms with Crippen LogP contribution in [-0.4, -0.2) is 33.6 Å². The number of aryl methyl sites for hydroxylation is 1. The zero-order valence-electron chi connectivity index (χ0n) is 10.2. The Bertz CT molecular complexity index is 451.